The molecule has 0 bridgehead atoms. The molecule has 0 spiro atoms. The molecule has 0 radical (unpaired) electrons. The molecule has 1 saturated carbocycles. The van der Waals surface area contributed by atoms with Crippen LogP contribution in [0.4, 0.5) is 10.1 Å². The molecule has 0 amide bonds. The van der Waals surface area contributed by atoms with Crippen molar-refractivity contribution < 1.29 is 18.7 Å². The molecule has 2 aromatic rings. The molecule has 110 valence electrons. The molecule has 0 saturated heterocycles. The van der Waals surface area contributed by atoms with E-state index in [9.17, 15) is 9.18 Å². The first-order chi connectivity index (χ1) is 10.1. The van der Waals surface area contributed by atoms with E-state index < -0.39 is 11.8 Å². The zero-order valence-electron chi connectivity index (χ0n) is 11.1. The van der Waals surface area contributed by atoms with Crippen LogP contribution in [0.3, 0.4) is 0 Å². The molecule has 0 unspecified atom stereocenters. The summed E-state index contributed by atoms with van der Waals surface area (Å²) in [7, 11) is 0. The molecule has 1 heterocycles. The number of carboxylic acids is 1. The molecule has 1 aliphatic carbocycles. The topological polar surface area (TPSA) is 53.7 Å². The second-order valence-electron chi connectivity index (χ2n) is 5.00. The Morgan fingerprint density at radius 2 is 2.19 bits per heavy atom. The van der Waals surface area contributed by atoms with Crippen LogP contribution in [0, 0.1) is 5.82 Å². The quantitative estimate of drug-likeness (QED) is 0.880. The van der Waals surface area contributed by atoms with Gasteiger partial charge in [0.1, 0.15) is 5.76 Å². The van der Waals surface area contributed by atoms with Crippen LogP contribution in [0.15, 0.2) is 39.4 Å². The standard InChI is InChI=1S/C15H13BrFNO3/c16-13-11(15(19)20)5-6-12(14(13)17)18(9-3-4-9)8-10-2-1-7-21-10/h1-2,5-7,9H,3-4,8H2,(H,19,20). The number of carbonyl (C=O) groups is 1. The van der Waals surface area contributed by atoms with E-state index in [1.54, 1.807) is 12.3 Å². The Kier molecular flexibility index (Phi) is 3.71. The Hall–Kier alpha value is -1.82. The molecular formula is C15H13BrFNO3. The van der Waals surface area contributed by atoms with Crippen molar-refractivity contribution in [3.05, 3.63) is 52.1 Å². The highest BCUT2D eigenvalue weighted by atomic mass is 79.9. The van der Waals surface area contributed by atoms with Crippen LogP contribution >= 0.6 is 15.9 Å². The van der Waals surface area contributed by atoms with Gasteiger partial charge in [0.15, 0.2) is 5.82 Å². The fraction of sp³-hybridized carbons (Fsp3) is 0.267. The maximum Gasteiger partial charge on any atom is 0.336 e. The van der Waals surface area contributed by atoms with Crippen molar-refractivity contribution in [2.24, 2.45) is 0 Å². The van der Waals surface area contributed by atoms with E-state index in [2.05, 4.69) is 15.9 Å². The minimum absolute atomic E-state index is 0.0161. The van der Waals surface area contributed by atoms with Crippen molar-refractivity contribution >= 4 is 27.6 Å². The lowest BCUT2D eigenvalue weighted by Crippen LogP contribution is -2.26. The van der Waals surface area contributed by atoms with Gasteiger partial charge in [0.2, 0.25) is 0 Å². The number of carboxylic acid groups (broad SMARTS) is 1. The van der Waals surface area contributed by atoms with E-state index in [-0.39, 0.29) is 16.1 Å². The maximum atomic E-state index is 14.5. The molecule has 1 aliphatic rings. The highest BCUT2D eigenvalue weighted by Gasteiger charge is 2.32. The normalized spacial score (nSPS) is 14.2. The number of halogens is 2. The summed E-state index contributed by atoms with van der Waals surface area (Å²) in [6.45, 7) is 0.466. The van der Waals surface area contributed by atoms with Gasteiger partial charge in [0.05, 0.1) is 28.5 Å². The predicted molar refractivity (Wildman–Crippen MR) is 79.0 cm³/mol. The molecular weight excluding hydrogens is 341 g/mol. The summed E-state index contributed by atoms with van der Waals surface area (Å²) in [4.78, 5) is 13.0. The minimum atomic E-state index is -1.16. The number of hydrogen-bond acceptors (Lipinski definition) is 3. The summed E-state index contributed by atoms with van der Waals surface area (Å²) in [6, 6.07) is 6.84. The Morgan fingerprint density at radius 1 is 1.43 bits per heavy atom. The van der Waals surface area contributed by atoms with E-state index in [0.29, 0.717) is 12.2 Å². The second-order valence-corrected chi connectivity index (χ2v) is 5.80. The van der Waals surface area contributed by atoms with Crippen LogP contribution in [0.2, 0.25) is 0 Å². The van der Waals surface area contributed by atoms with Crippen molar-refractivity contribution in [1.82, 2.24) is 0 Å². The van der Waals surface area contributed by atoms with Gasteiger partial charge in [-0.25, -0.2) is 9.18 Å². The van der Waals surface area contributed by atoms with Crippen molar-refractivity contribution in [1.29, 1.82) is 0 Å². The van der Waals surface area contributed by atoms with Crippen molar-refractivity contribution in [2.75, 3.05) is 4.90 Å². The van der Waals surface area contributed by atoms with Gasteiger partial charge in [-0.05, 0) is 53.0 Å². The van der Waals surface area contributed by atoms with Gasteiger partial charge in [-0.2, -0.15) is 0 Å². The lowest BCUT2D eigenvalue weighted by molar-refractivity contribution is 0.0695. The lowest BCUT2D eigenvalue weighted by atomic mass is 10.1. The largest absolute Gasteiger partial charge is 0.478 e. The second kappa shape index (κ2) is 5.52. The van der Waals surface area contributed by atoms with Crippen LogP contribution in [-0.2, 0) is 6.54 Å². The predicted octanol–water partition coefficient (Wildman–Crippen LogP) is 4.05. The van der Waals surface area contributed by atoms with E-state index >= 15 is 0 Å². The van der Waals surface area contributed by atoms with Gasteiger partial charge < -0.3 is 14.4 Å². The Balaban J connectivity index is 1.96. The van der Waals surface area contributed by atoms with Gasteiger partial charge >= 0.3 is 5.97 Å². The number of rotatable bonds is 5. The van der Waals surface area contributed by atoms with Crippen LogP contribution in [0.25, 0.3) is 0 Å². The highest BCUT2D eigenvalue weighted by Crippen LogP contribution is 2.37. The third-order valence-corrected chi connectivity index (χ3v) is 4.27. The molecule has 1 aromatic heterocycles. The van der Waals surface area contributed by atoms with E-state index in [1.165, 1.54) is 12.1 Å². The Labute approximate surface area is 129 Å². The van der Waals surface area contributed by atoms with E-state index in [1.807, 2.05) is 11.0 Å². The summed E-state index contributed by atoms with van der Waals surface area (Å²) in [5.41, 5.74) is 0.316. The molecule has 21 heavy (non-hydrogen) atoms. The maximum absolute atomic E-state index is 14.5. The van der Waals surface area contributed by atoms with Crippen molar-refractivity contribution in [3.8, 4) is 0 Å². The first-order valence-electron chi connectivity index (χ1n) is 6.58. The van der Waals surface area contributed by atoms with Gasteiger partial charge in [0, 0.05) is 6.04 Å². The molecule has 3 rings (SSSR count). The summed E-state index contributed by atoms with van der Waals surface area (Å²) in [5, 5.41) is 9.02. The monoisotopic (exact) mass is 353 g/mol. The smallest absolute Gasteiger partial charge is 0.336 e. The fourth-order valence-electron chi connectivity index (χ4n) is 2.29. The van der Waals surface area contributed by atoms with Crippen LogP contribution in [0.5, 0.6) is 0 Å². The average molecular weight is 354 g/mol. The first kappa shape index (κ1) is 14.1. The van der Waals surface area contributed by atoms with Gasteiger partial charge in [0.25, 0.3) is 0 Å². The van der Waals surface area contributed by atoms with E-state index in [4.69, 9.17) is 9.52 Å². The molecule has 0 atom stereocenters. The van der Waals surface area contributed by atoms with Gasteiger partial charge in [-0.3, -0.25) is 0 Å². The Morgan fingerprint density at radius 3 is 2.76 bits per heavy atom. The van der Waals surface area contributed by atoms with Gasteiger partial charge in [-0.15, -0.1) is 0 Å². The zero-order valence-corrected chi connectivity index (χ0v) is 12.6. The number of aromatic carboxylic acids is 1. The van der Waals surface area contributed by atoms with Crippen LogP contribution in [-0.4, -0.2) is 17.1 Å². The summed E-state index contributed by atoms with van der Waals surface area (Å²) in [6.07, 6.45) is 3.58. The molecule has 0 aliphatic heterocycles. The number of benzene rings is 1. The molecule has 1 aromatic carbocycles. The van der Waals surface area contributed by atoms with E-state index in [0.717, 1.165) is 18.6 Å². The van der Waals surface area contributed by atoms with Crippen LogP contribution in [0.1, 0.15) is 29.0 Å². The van der Waals surface area contributed by atoms with Crippen LogP contribution < -0.4 is 4.90 Å². The summed E-state index contributed by atoms with van der Waals surface area (Å²) in [5.74, 6) is -0.954. The van der Waals surface area contributed by atoms with Crippen molar-refractivity contribution in [3.63, 3.8) is 0 Å². The zero-order chi connectivity index (χ0) is 15.0. The first-order valence-corrected chi connectivity index (χ1v) is 7.37. The average Bonchev–Trinajstić information content (AvgIpc) is 3.16. The highest BCUT2D eigenvalue weighted by molar-refractivity contribution is 9.10. The Bertz CT molecular complexity index is 668. The minimum Gasteiger partial charge on any atom is -0.478 e. The third kappa shape index (κ3) is 2.81. The molecule has 1 N–H and O–H groups in total. The lowest BCUT2D eigenvalue weighted by Gasteiger charge is -2.24. The molecule has 4 nitrogen and oxygen atoms in total. The summed E-state index contributed by atoms with van der Waals surface area (Å²) < 4.78 is 19.8. The molecule has 1 fully saturated rings. The number of hydrogen-bond donors (Lipinski definition) is 1. The molecule has 6 heteroatoms. The number of furan rings is 1. The fourth-order valence-corrected chi connectivity index (χ4v) is 2.80. The van der Waals surface area contributed by atoms with Gasteiger partial charge in [-0.1, -0.05) is 0 Å². The number of nitrogens with zero attached hydrogens (tertiary/aromatic N) is 1. The summed E-state index contributed by atoms with van der Waals surface area (Å²) >= 11 is 3.04. The SMILES string of the molecule is O=C(O)c1ccc(N(Cc2ccco2)C2CC2)c(F)c1Br. The van der Waals surface area contributed by atoms with Crippen molar-refractivity contribution in [2.45, 2.75) is 25.4 Å². The number of anilines is 1. The third-order valence-electron chi connectivity index (χ3n) is 3.50.